The van der Waals surface area contributed by atoms with Crippen LogP contribution in [0.1, 0.15) is 6.92 Å². The van der Waals surface area contributed by atoms with Crippen LogP contribution in [0.4, 0.5) is 10.9 Å². The number of hydrogen-bond donors (Lipinski definition) is 2. The Kier molecular flexibility index (Phi) is 4.11. The molecule has 0 aromatic carbocycles. The first-order chi connectivity index (χ1) is 9.37. The minimum Gasteiger partial charge on any atom is -0.301 e. The lowest BCUT2D eigenvalue weighted by molar-refractivity contribution is -0.114. The van der Waals surface area contributed by atoms with Crippen LogP contribution in [-0.2, 0) is 14.8 Å². The minimum absolute atomic E-state index is 0.00863. The van der Waals surface area contributed by atoms with Gasteiger partial charge in [0.1, 0.15) is 5.15 Å². The van der Waals surface area contributed by atoms with Crippen molar-refractivity contribution >= 4 is 49.8 Å². The highest BCUT2D eigenvalue weighted by Crippen LogP contribution is 2.21. The zero-order chi connectivity index (χ0) is 14.8. The highest BCUT2D eigenvalue weighted by atomic mass is 35.5. The van der Waals surface area contributed by atoms with Crippen molar-refractivity contribution in [1.29, 1.82) is 0 Å². The Morgan fingerprint density at radius 1 is 1.30 bits per heavy atom. The number of nitrogens with zero attached hydrogens (tertiary/aromatic N) is 4. The molecule has 12 heteroatoms. The number of carbonyl (C=O) groups excluding carboxylic acids is 1. The van der Waals surface area contributed by atoms with Crippen LogP contribution in [0.25, 0.3) is 0 Å². The molecule has 2 aromatic heterocycles. The third-order valence-electron chi connectivity index (χ3n) is 1.78. The zero-order valence-corrected chi connectivity index (χ0v) is 12.3. The standard InChI is InChI=1S/C8H7ClN6O3S2/c1-4(16)12-7-13-14-8(19-7)20(17,18)15-6-3-10-5(9)2-11-6/h2-3H,1H3,(H,11,15)(H,12,13,16). The number of carbonyl (C=O) groups is 1. The number of sulfonamides is 1. The average molecular weight is 335 g/mol. The molecule has 0 spiro atoms. The van der Waals surface area contributed by atoms with E-state index in [2.05, 4.69) is 30.2 Å². The van der Waals surface area contributed by atoms with Crippen molar-refractivity contribution < 1.29 is 13.2 Å². The topological polar surface area (TPSA) is 127 Å². The van der Waals surface area contributed by atoms with Crippen molar-refractivity contribution in [3.05, 3.63) is 17.5 Å². The highest BCUT2D eigenvalue weighted by Gasteiger charge is 2.21. The first-order valence-electron chi connectivity index (χ1n) is 4.98. The lowest BCUT2D eigenvalue weighted by Gasteiger charge is -2.02. The summed E-state index contributed by atoms with van der Waals surface area (Å²) in [5.41, 5.74) is 0. The second-order valence-corrected chi connectivity index (χ2v) is 6.61. The molecule has 0 bridgehead atoms. The lowest BCUT2D eigenvalue weighted by atomic mass is 10.7. The predicted octanol–water partition coefficient (Wildman–Crippen LogP) is 0.741. The van der Waals surface area contributed by atoms with Gasteiger partial charge in [0.2, 0.25) is 11.0 Å². The molecule has 0 fully saturated rings. The molecule has 0 unspecified atom stereocenters. The molecule has 0 aliphatic carbocycles. The van der Waals surface area contributed by atoms with Crippen molar-refractivity contribution in [2.45, 2.75) is 11.3 Å². The molecular formula is C8H7ClN6O3S2. The molecular weight excluding hydrogens is 328 g/mol. The van der Waals surface area contributed by atoms with Crippen LogP contribution in [0.15, 0.2) is 16.7 Å². The summed E-state index contributed by atoms with van der Waals surface area (Å²) in [7, 11) is -3.94. The van der Waals surface area contributed by atoms with Crippen molar-refractivity contribution in [1.82, 2.24) is 20.2 Å². The van der Waals surface area contributed by atoms with E-state index < -0.39 is 10.0 Å². The van der Waals surface area contributed by atoms with Crippen LogP contribution in [0.3, 0.4) is 0 Å². The zero-order valence-electron chi connectivity index (χ0n) is 9.86. The molecule has 0 atom stereocenters. The molecule has 9 nitrogen and oxygen atoms in total. The summed E-state index contributed by atoms with van der Waals surface area (Å²) in [4.78, 5) is 18.3. The van der Waals surface area contributed by atoms with E-state index >= 15 is 0 Å². The Labute approximate surface area is 122 Å². The monoisotopic (exact) mass is 334 g/mol. The third-order valence-corrected chi connectivity index (χ3v) is 4.53. The number of hydrogen-bond acceptors (Lipinski definition) is 8. The highest BCUT2D eigenvalue weighted by molar-refractivity contribution is 7.94. The normalized spacial score (nSPS) is 11.1. The van der Waals surface area contributed by atoms with Crippen molar-refractivity contribution in [3.63, 3.8) is 0 Å². The van der Waals surface area contributed by atoms with E-state index in [0.717, 1.165) is 6.20 Å². The molecule has 2 heterocycles. The van der Waals surface area contributed by atoms with Crippen LogP contribution < -0.4 is 10.0 Å². The minimum atomic E-state index is -3.94. The van der Waals surface area contributed by atoms with E-state index in [1.165, 1.54) is 13.1 Å². The van der Waals surface area contributed by atoms with Gasteiger partial charge in [0, 0.05) is 6.92 Å². The van der Waals surface area contributed by atoms with Crippen molar-refractivity contribution in [2.75, 3.05) is 10.0 Å². The average Bonchev–Trinajstić information content (AvgIpc) is 2.80. The molecule has 106 valence electrons. The summed E-state index contributed by atoms with van der Waals surface area (Å²) in [6, 6.07) is 0. The molecule has 2 N–H and O–H groups in total. The fourth-order valence-corrected chi connectivity index (χ4v) is 3.10. The van der Waals surface area contributed by atoms with E-state index in [9.17, 15) is 13.2 Å². The van der Waals surface area contributed by atoms with Gasteiger partial charge in [-0.05, 0) is 0 Å². The van der Waals surface area contributed by atoms with Gasteiger partial charge in [0.25, 0.3) is 14.4 Å². The molecule has 0 aliphatic rings. The molecule has 0 saturated heterocycles. The number of amides is 1. The predicted molar refractivity (Wildman–Crippen MR) is 72.1 cm³/mol. The van der Waals surface area contributed by atoms with Gasteiger partial charge >= 0.3 is 0 Å². The van der Waals surface area contributed by atoms with Crippen molar-refractivity contribution in [2.24, 2.45) is 0 Å². The number of halogens is 1. The number of aromatic nitrogens is 4. The maximum atomic E-state index is 12.0. The van der Waals surface area contributed by atoms with Gasteiger partial charge in [0.15, 0.2) is 5.82 Å². The van der Waals surface area contributed by atoms with E-state index in [1.807, 2.05) is 0 Å². The first kappa shape index (κ1) is 14.6. The number of rotatable bonds is 4. The van der Waals surface area contributed by atoms with Crippen LogP contribution in [-0.4, -0.2) is 34.5 Å². The third kappa shape index (κ3) is 3.59. The quantitative estimate of drug-likeness (QED) is 0.789. The maximum Gasteiger partial charge on any atom is 0.292 e. The molecule has 1 amide bonds. The van der Waals surface area contributed by atoms with E-state index in [-0.39, 0.29) is 26.3 Å². The van der Waals surface area contributed by atoms with E-state index in [1.54, 1.807) is 0 Å². The van der Waals surface area contributed by atoms with Crippen LogP contribution in [0.5, 0.6) is 0 Å². The number of nitrogens with one attached hydrogen (secondary N) is 2. The van der Waals surface area contributed by atoms with Gasteiger partial charge in [0.05, 0.1) is 12.4 Å². The largest absolute Gasteiger partial charge is 0.301 e. The second kappa shape index (κ2) is 5.64. The fraction of sp³-hybridized carbons (Fsp3) is 0.125. The summed E-state index contributed by atoms with van der Waals surface area (Å²) in [5, 5.41) is 9.58. The van der Waals surface area contributed by atoms with Crippen LogP contribution in [0.2, 0.25) is 5.15 Å². The Balaban J connectivity index is 2.19. The molecule has 2 aromatic rings. The van der Waals surface area contributed by atoms with Gasteiger partial charge < -0.3 is 5.32 Å². The van der Waals surface area contributed by atoms with Gasteiger partial charge in [-0.1, -0.05) is 22.9 Å². The van der Waals surface area contributed by atoms with Gasteiger partial charge in [-0.2, -0.15) is 8.42 Å². The summed E-state index contributed by atoms with van der Waals surface area (Å²) in [5.74, 6) is -0.382. The summed E-state index contributed by atoms with van der Waals surface area (Å²) >= 11 is 6.25. The van der Waals surface area contributed by atoms with Crippen LogP contribution in [0, 0.1) is 0 Å². The molecule has 0 saturated carbocycles. The smallest absolute Gasteiger partial charge is 0.292 e. The van der Waals surface area contributed by atoms with Crippen LogP contribution >= 0.6 is 22.9 Å². The summed E-state index contributed by atoms with van der Waals surface area (Å²) in [6.07, 6.45) is 2.36. The van der Waals surface area contributed by atoms with E-state index in [4.69, 9.17) is 11.6 Å². The van der Waals surface area contributed by atoms with E-state index in [0.29, 0.717) is 11.3 Å². The SMILES string of the molecule is CC(=O)Nc1nnc(S(=O)(=O)Nc2cnc(Cl)cn2)s1. The fourth-order valence-electron chi connectivity index (χ4n) is 1.07. The Bertz CT molecular complexity index is 729. The van der Waals surface area contributed by atoms with Crippen molar-refractivity contribution in [3.8, 4) is 0 Å². The summed E-state index contributed by atoms with van der Waals surface area (Å²) < 4.78 is 25.8. The second-order valence-electron chi connectivity index (χ2n) is 3.38. The lowest BCUT2D eigenvalue weighted by Crippen LogP contribution is -2.13. The Morgan fingerprint density at radius 2 is 2.05 bits per heavy atom. The van der Waals surface area contributed by atoms with Gasteiger partial charge in [-0.25, -0.2) is 9.97 Å². The Hall–Kier alpha value is -1.85. The van der Waals surface area contributed by atoms with Gasteiger partial charge in [-0.15, -0.1) is 10.2 Å². The Morgan fingerprint density at radius 3 is 2.65 bits per heavy atom. The molecule has 0 aliphatic heterocycles. The molecule has 0 radical (unpaired) electrons. The summed E-state index contributed by atoms with van der Waals surface area (Å²) in [6.45, 7) is 1.27. The first-order valence-corrected chi connectivity index (χ1v) is 7.66. The molecule has 2 rings (SSSR count). The number of anilines is 2. The maximum absolute atomic E-state index is 12.0. The van der Waals surface area contributed by atoms with Gasteiger partial charge in [-0.3, -0.25) is 9.52 Å². The molecule has 20 heavy (non-hydrogen) atoms.